The van der Waals surface area contributed by atoms with Crippen LogP contribution in [-0.4, -0.2) is 9.97 Å². The number of hydrogen-bond donors (Lipinski definition) is 1. The Morgan fingerprint density at radius 3 is 2.62 bits per heavy atom. The molecule has 0 saturated heterocycles. The van der Waals surface area contributed by atoms with E-state index in [1.54, 1.807) is 24.7 Å². The van der Waals surface area contributed by atoms with E-state index in [2.05, 4.69) is 9.97 Å². The molecule has 0 aliphatic carbocycles. The lowest BCUT2D eigenvalue weighted by atomic mass is 10.2. The molecule has 1 heterocycles. The van der Waals surface area contributed by atoms with E-state index in [4.69, 9.17) is 23.2 Å². The van der Waals surface area contributed by atoms with Crippen LogP contribution < -0.4 is 0 Å². The van der Waals surface area contributed by atoms with Crippen molar-refractivity contribution in [2.75, 3.05) is 0 Å². The highest BCUT2D eigenvalue weighted by molar-refractivity contribution is 6.42. The summed E-state index contributed by atoms with van der Waals surface area (Å²) in [5.74, 6) is 0. The number of benzene rings is 1. The Bertz CT molecular complexity index is 410. The minimum atomic E-state index is 0.550. The zero-order chi connectivity index (χ0) is 9.26. The van der Waals surface area contributed by atoms with Crippen molar-refractivity contribution in [2.45, 2.75) is 0 Å². The largest absolute Gasteiger partial charge is 0.345 e. The van der Waals surface area contributed by atoms with Gasteiger partial charge < -0.3 is 4.98 Å². The molecule has 0 saturated carbocycles. The first kappa shape index (κ1) is 8.60. The van der Waals surface area contributed by atoms with Crippen LogP contribution in [0.4, 0.5) is 0 Å². The predicted molar refractivity (Wildman–Crippen MR) is 54.0 cm³/mol. The predicted octanol–water partition coefficient (Wildman–Crippen LogP) is 3.38. The smallest absolute Gasteiger partial charge is 0.0924 e. The topological polar surface area (TPSA) is 28.7 Å². The first-order valence-electron chi connectivity index (χ1n) is 3.71. The molecular weight excluding hydrogens is 207 g/mol. The summed E-state index contributed by atoms with van der Waals surface area (Å²) in [7, 11) is 0. The molecule has 66 valence electrons. The molecule has 0 bridgehead atoms. The summed E-state index contributed by atoms with van der Waals surface area (Å²) in [5.41, 5.74) is 1.91. The zero-order valence-corrected chi connectivity index (χ0v) is 8.10. The molecule has 0 unspecified atom stereocenters. The van der Waals surface area contributed by atoms with E-state index in [1.807, 2.05) is 6.07 Å². The molecule has 1 N–H and O–H groups in total. The summed E-state index contributed by atoms with van der Waals surface area (Å²) in [6, 6.07) is 5.46. The number of imidazole rings is 1. The number of aromatic nitrogens is 2. The van der Waals surface area contributed by atoms with Gasteiger partial charge in [0.05, 0.1) is 28.3 Å². The van der Waals surface area contributed by atoms with Gasteiger partial charge in [-0.15, -0.1) is 0 Å². The number of nitrogens with zero attached hydrogens (tertiary/aromatic N) is 1. The Kier molecular flexibility index (Phi) is 2.25. The van der Waals surface area contributed by atoms with Crippen LogP contribution in [0.15, 0.2) is 30.7 Å². The molecule has 2 nitrogen and oxygen atoms in total. The van der Waals surface area contributed by atoms with Gasteiger partial charge in [0.2, 0.25) is 0 Å². The van der Waals surface area contributed by atoms with Gasteiger partial charge in [0.25, 0.3) is 0 Å². The normalized spacial score (nSPS) is 10.3. The maximum Gasteiger partial charge on any atom is 0.0924 e. The highest BCUT2D eigenvalue weighted by Gasteiger charge is 2.01. The molecule has 1 aromatic heterocycles. The zero-order valence-electron chi connectivity index (χ0n) is 6.59. The fourth-order valence-electron chi connectivity index (χ4n) is 1.08. The Labute approximate surface area is 85.5 Å². The van der Waals surface area contributed by atoms with Crippen molar-refractivity contribution in [3.63, 3.8) is 0 Å². The Morgan fingerprint density at radius 1 is 1.15 bits per heavy atom. The molecule has 0 radical (unpaired) electrons. The average molecular weight is 213 g/mol. The van der Waals surface area contributed by atoms with E-state index in [-0.39, 0.29) is 0 Å². The Balaban J connectivity index is 2.49. The van der Waals surface area contributed by atoms with Crippen LogP contribution in [0.1, 0.15) is 0 Å². The number of hydrogen-bond acceptors (Lipinski definition) is 1. The van der Waals surface area contributed by atoms with Crippen LogP contribution in [0.2, 0.25) is 10.0 Å². The molecule has 2 rings (SSSR count). The summed E-state index contributed by atoms with van der Waals surface area (Å²) in [6.45, 7) is 0. The average Bonchev–Trinajstić information content (AvgIpc) is 2.62. The summed E-state index contributed by atoms with van der Waals surface area (Å²) in [4.78, 5) is 6.91. The first-order chi connectivity index (χ1) is 6.27. The van der Waals surface area contributed by atoms with Crippen molar-refractivity contribution >= 4 is 23.2 Å². The highest BCUT2D eigenvalue weighted by Crippen LogP contribution is 2.26. The number of aromatic amines is 1. The van der Waals surface area contributed by atoms with E-state index in [9.17, 15) is 0 Å². The van der Waals surface area contributed by atoms with Gasteiger partial charge in [-0.05, 0) is 12.1 Å². The Morgan fingerprint density at radius 2 is 2.00 bits per heavy atom. The molecule has 4 heteroatoms. The third kappa shape index (κ3) is 1.69. The standard InChI is InChI=1S/C9H6Cl2N2/c10-7-2-1-6(3-8(7)11)9-4-12-5-13-9/h1-5H,(H,12,13). The van der Waals surface area contributed by atoms with Gasteiger partial charge in [0.15, 0.2) is 0 Å². The third-order valence-electron chi connectivity index (χ3n) is 1.73. The number of rotatable bonds is 1. The number of H-pyrrole nitrogens is 1. The lowest BCUT2D eigenvalue weighted by Crippen LogP contribution is -1.77. The lowest BCUT2D eigenvalue weighted by Gasteiger charge is -1.99. The van der Waals surface area contributed by atoms with Crippen molar-refractivity contribution < 1.29 is 0 Å². The van der Waals surface area contributed by atoms with Crippen LogP contribution in [0.3, 0.4) is 0 Å². The summed E-state index contributed by atoms with van der Waals surface area (Å²) in [5, 5.41) is 1.11. The maximum absolute atomic E-state index is 5.86. The van der Waals surface area contributed by atoms with Crippen molar-refractivity contribution in [1.82, 2.24) is 9.97 Å². The van der Waals surface area contributed by atoms with Crippen LogP contribution in [0.25, 0.3) is 11.3 Å². The first-order valence-corrected chi connectivity index (χ1v) is 4.47. The van der Waals surface area contributed by atoms with E-state index < -0.39 is 0 Å². The second-order valence-electron chi connectivity index (χ2n) is 2.59. The third-order valence-corrected chi connectivity index (χ3v) is 2.47. The van der Waals surface area contributed by atoms with Crippen molar-refractivity contribution in [3.05, 3.63) is 40.8 Å². The van der Waals surface area contributed by atoms with E-state index in [0.29, 0.717) is 10.0 Å². The van der Waals surface area contributed by atoms with E-state index in [1.165, 1.54) is 0 Å². The number of halogens is 2. The van der Waals surface area contributed by atoms with Crippen LogP contribution >= 0.6 is 23.2 Å². The fraction of sp³-hybridized carbons (Fsp3) is 0. The van der Waals surface area contributed by atoms with Gasteiger partial charge in [-0.25, -0.2) is 4.98 Å². The highest BCUT2D eigenvalue weighted by atomic mass is 35.5. The Hall–Kier alpha value is -0.990. The summed E-state index contributed by atoms with van der Waals surface area (Å²) < 4.78 is 0. The molecule has 0 aliphatic rings. The molecule has 0 aliphatic heterocycles. The lowest BCUT2D eigenvalue weighted by molar-refractivity contribution is 1.31. The summed E-state index contributed by atoms with van der Waals surface area (Å²) in [6.07, 6.45) is 3.36. The van der Waals surface area contributed by atoms with Crippen LogP contribution in [-0.2, 0) is 0 Å². The molecule has 2 aromatic rings. The molecule has 0 amide bonds. The minimum absolute atomic E-state index is 0.550. The van der Waals surface area contributed by atoms with Crippen LogP contribution in [0, 0.1) is 0 Å². The summed E-state index contributed by atoms with van der Waals surface area (Å²) >= 11 is 11.6. The molecular formula is C9H6Cl2N2. The molecule has 0 atom stereocenters. The van der Waals surface area contributed by atoms with E-state index in [0.717, 1.165) is 11.3 Å². The van der Waals surface area contributed by atoms with Gasteiger partial charge in [-0.1, -0.05) is 29.3 Å². The van der Waals surface area contributed by atoms with Gasteiger partial charge in [0, 0.05) is 5.56 Å². The van der Waals surface area contributed by atoms with Crippen molar-refractivity contribution in [2.24, 2.45) is 0 Å². The monoisotopic (exact) mass is 212 g/mol. The van der Waals surface area contributed by atoms with Crippen LogP contribution in [0.5, 0.6) is 0 Å². The molecule has 13 heavy (non-hydrogen) atoms. The molecule has 0 spiro atoms. The van der Waals surface area contributed by atoms with Gasteiger partial charge in [-0.3, -0.25) is 0 Å². The van der Waals surface area contributed by atoms with Gasteiger partial charge in [0.1, 0.15) is 0 Å². The minimum Gasteiger partial charge on any atom is -0.345 e. The fourth-order valence-corrected chi connectivity index (χ4v) is 1.38. The second kappa shape index (κ2) is 3.40. The van der Waals surface area contributed by atoms with Crippen molar-refractivity contribution in [1.29, 1.82) is 0 Å². The quantitative estimate of drug-likeness (QED) is 0.772. The number of nitrogens with one attached hydrogen (secondary N) is 1. The van der Waals surface area contributed by atoms with Crippen molar-refractivity contribution in [3.8, 4) is 11.3 Å². The SMILES string of the molecule is Clc1ccc(-c2cnc[nH]2)cc1Cl. The van der Waals surface area contributed by atoms with E-state index >= 15 is 0 Å². The van der Waals surface area contributed by atoms with Gasteiger partial charge >= 0.3 is 0 Å². The second-order valence-corrected chi connectivity index (χ2v) is 3.41. The maximum atomic E-state index is 5.86. The molecule has 0 fully saturated rings. The molecule has 1 aromatic carbocycles. The van der Waals surface area contributed by atoms with Gasteiger partial charge in [-0.2, -0.15) is 0 Å².